The van der Waals surface area contributed by atoms with Crippen LogP contribution in [-0.2, 0) is 0 Å². The molecule has 0 bridgehead atoms. The number of carbonyl (C=O) groups is 1. The number of amides is 1. The van der Waals surface area contributed by atoms with Crippen molar-refractivity contribution in [2.75, 3.05) is 5.32 Å². The quantitative estimate of drug-likeness (QED) is 0.771. The average Bonchev–Trinajstić information content (AvgIpc) is 2.47. The molecule has 0 saturated heterocycles. The van der Waals surface area contributed by atoms with Crippen molar-refractivity contribution < 1.29 is 4.79 Å². The van der Waals surface area contributed by atoms with Gasteiger partial charge >= 0.3 is 0 Å². The zero-order chi connectivity index (χ0) is 14.8. The van der Waals surface area contributed by atoms with Crippen molar-refractivity contribution in [3.05, 3.63) is 65.9 Å². The number of carbonyl (C=O) groups excluding carboxylic acids is 1. The molecular weight excluding hydrogens is 262 g/mol. The molecule has 4 heteroatoms. The number of primary amides is 1. The maximum absolute atomic E-state index is 11.3. The molecule has 0 unspecified atom stereocenters. The first-order valence-corrected chi connectivity index (χ1v) is 6.67. The number of pyridine rings is 1. The van der Waals surface area contributed by atoms with E-state index in [1.54, 1.807) is 18.2 Å². The fraction of sp³-hybridized carbons (Fsp3) is 0.0588. The number of anilines is 2. The third kappa shape index (κ3) is 2.69. The molecule has 0 aliphatic heterocycles. The van der Waals surface area contributed by atoms with E-state index in [2.05, 4.69) is 10.3 Å². The zero-order valence-electron chi connectivity index (χ0n) is 11.6. The fourth-order valence-corrected chi connectivity index (χ4v) is 2.32. The van der Waals surface area contributed by atoms with Crippen molar-refractivity contribution in [2.45, 2.75) is 6.92 Å². The van der Waals surface area contributed by atoms with Gasteiger partial charge in [-0.25, -0.2) is 0 Å². The van der Waals surface area contributed by atoms with E-state index in [4.69, 9.17) is 5.73 Å². The number of nitrogens with two attached hydrogens (primary N) is 1. The van der Waals surface area contributed by atoms with E-state index in [0.717, 1.165) is 28.0 Å². The van der Waals surface area contributed by atoms with Crippen molar-refractivity contribution in [2.24, 2.45) is 5.73 Å². The second-order valence-electron chi connectivity index (χ2n) is 4.90. The third-order valence-electron chi connectivity index (χ3n) is 3.27. The topological polar surface area (TPSA) is 68.0 Å². The van der Waals surface area contributed by atoms with Crippen LogP contribution in [0, 0.1) is 6.92 Å². The molecule has 1 aromatic heterocycles. The molecule has 3 N–H and O–H groups in total. The van der Waals surface area contributed by atoms with Gasteiger partial charge in [0.2, 0.25) is 5.91 Å². The predicted octanol–water partition coefficient (Wildman–Crippen LogP) is 3.39. The van der Waals surface area contributed by atoms with Gasteiger partial charge in [-0.1, -0.05) is 24.3 Å². The van der Waals surface area contributed by atoms with Crippen LogP contribution in [0.25, 0.3) is 10.9 Å². The van der Waals surface area contributed by atoms with Crippen LogP contribution in [0.5, 0.6) is 0 Å². The first-order chi connectivity index (χ1) is 10.1. The van der Waals surface area contributed by atoms with Crippen molar-refractivity contribution >= 4 is 28.2 Å². The highest BCUT2D eigenvalue weighted by Gasteiger charge is 2.05. The summed E-state index contributed by atoms with van der Waals surface area (Å²) in [6.45, 7) is 1.96. The Balaban J connectivity index is 2.05. The summed E-state index contributed by atoms with van der Waals surface area (Å²) in [6, 6.07) is 17.1. The highest BCUT2D eigenvalue weighted by molar-refractivity contribution is 5.96. The van der Waals surface area contributed by atoms with Gasteiger partial charge in [0.05, 0.1) is 5.52 Å². The number of hydrogen-bond donors (Lipinski definition) is 2. The lowest BCUT2D eigenvalue weighted by molar-refractivity contribution is 0.100. The maximum atomic E-state index is 11.3. The molecule has 0 saturated carbocycles. The normalized spacial score (nSPS) is 10.5. The molecule has 0 radical (unpaired) electrons. The second-order valence-corrected chi connectivity index (χ2v) is 4.90. The van der Waals surface area contributed by atoms with Gasteiger partial charge in [0, 0.05) is 28.0 Å². The summed E-state index contributed by atoms with van der Waals surface area (Å²) in [4.78, 5) is 15.8. The van der Waals surface area contributed by atoms with E-state index in [1.807, 2.05) is 43.3 Å². The molecule has 0 aliphatic carbocycles. The van der Waals surface area contributed by atoms with Gasteiger partial charge in [0.1, 0.15) is 0 Å². The van der Waals surface area contributed by atoms with Gasteiger partial charge in [-0.3, -0.25) is 9.78 Å². The number of fused-ring (bicyclic) bond motifs is 1. The number of aromatic nitrogens is 1. The van der Waals surface area contributed by atoms with E-state index in [9.17, 15) is 4.79 Å². The lowest BCUT2D eigenvalue weighted by atomic mass is 10.1. The van der Waals surface area contributed by atoms with Crippen LogP contribution in [0.4, 0.5) is 11.4 Å². The minimum absolute atomic E-state index is 0.436. The third-order valence-corrected chi connectivity index (χ3v) is 3.27. The largest absolute Gasteiger partial charge is 0.366 e. The molecule has 4 nitrogen and oxygen atoms in total. The fourth-order valence-electron chi connectivity index (χ4n) is 2.32. The summed E-state index contributed by atoms with van der Waals surface area (Å²) < 4.78 is 0. The van der Waals surface area contributed by atoms with E-state index in [-0.39, 0.29) is 0 Å². The van der Waals surface area contributed by atoms with Gasteiger partial charge in [0.15, 0.2) is 0 Å². The summed E-state index contributed by atoms with van der Waals surface area (Å²) in [5.74, 6) is -0.436. The SMILES string of the molecule is Cc1cc(Nc2cccc(C(N)=O)c2)c2ccccc2n1. The molecule has 1 amide bonds. The van der Waals surface area contributed by atoms with Crippen molar-refractivity contribution in [1.29, 1.82) is 0 Å². The minimum atomic E-state index is -0.436. The van der Waals surface area contributed by atoms with E-state index < -0.39 is 5.91 Å². The lowest BCUT2D eigenvalue weighted by Crippen LogP contribution is -2.10. The molecule has 1 heterocycles. The molecule has 0 aliphatic rings. The van der Waals surface area contributed by atoms with Crippen LogP contribution in [0.1, 0.15) is 16.1 Å². The summed E-state index contributed by atoms with van der Waals surface area (Å²) in [7, 11) is 0. The first-order valence-electron chi connectivity index (χ1n) is 6.67. The number of benzene rings is 2. The number of rotatable bonds is 3. The number of para-hydroxylation sites is 1. The van der Waals surface area contributed by atoms with Crippen molar-refractivity contribution in [1.82, 2.24) is 4.98 Å². The minimum Gasteiger partial charge on any atom is -0.366 e. The van der Waals surface area contributed by atoms with E-state index in [0.29, 0.717) is 5.56 Å². The highest BCUT2D eigenvalue weighted by Crippen LogP contribution is 2.26. The maximum Gasteiger partial charge on any atom is 0.248 e. The van der Waals surface area contributed by atoms with Gasteiger partial charge in [-0.15, -0.1) is 0 Å². The molecule has 21 heavy (non-hydrogen) atoms. The number of hydrogen-bond acceptors (Lipinski definition) is 3. The Labute approximate surface area is 122 Å². The van der Waals surface area contributed by atoms with Crippen LogP contribution in [0.2, 0.25) is 0 Å². The zero-order valence-corrected chi connectivity index (χ0v) is 11.6. The standard InChI is InChI=1S/C17H15N3O/c1-11-9-16(14-7-2-3-8-15(14)19-11)20-13-6-4-5-12(10-13)17(18)21/h2-10H,1H3,(H2,18,21)(H,19,20). The predicted molar refractivity (Wildman–Crippen MR) is 84.7 cm³/mol. The van der Waals surface area contributed by atoms with Crippen LogP contribution >= 0.6 is 0 Å². The molecular formula is C17H15N3O. The first kappa shape index (κ1) is 13.1. The molecule has 3 rings (SSSR count). The van der Waals surface area contributed by atoms with Gasteiger partial charge in [0.25, 0.3) is 0 Å². The summed E-state index contributed by atoms with van der Waals surface area (Å²) in [6.07, 6.45) is 0. The Morgan fingerprint density at radius 1 is 1.10 bits per heavy atom. The van der Waals surface area contributed by atoms with Crippen LogP contribution < -0.4 is 11.1 Å². The molecule has 0 atom stereocenters. The Bertz CT molecular complexity index is 827. The van der Waals surface area contributed by atoms with Crippen LogP contribution in [0.15, 0.2) is 54.6 Å². The van der Waals surface area contributed by atoms with Crippen LogP contribution in [0.3, 0.4) is 0 Å². The Morgan fingerprint density at radius 3 is 2.71 bits per heavy atom. The van der Waals surface area contributed by atoms with Gasteiger partial charge in [-0.2, -0.15) is 0 Å². The average molecular weight is 277 g/mol. The molecule has 0 spiro atoms. The van der Waals surface area contributed by atoms with E-state index >= 15 is 0 Å². The molecule has 0 fully saturated rings. The van der Waals surface area contributed by atoms with Crippen LogP contribution in [-0.4, -0.2) is 10.9 Å². The number of aryl methyl sites for hydroxylation is 1. The Hall–Kier alpha value is -2.88. The molecule has 3 aromatic rings. The Morgan fingerprint density at radius 2 is 1.90 bits per heavy atom. The van der Waals surface area contributed by atoms with E-state index in [1.165, 1.54) is 0 Å². The second kappa shape index (κ2) is 5.25. The monoisotopic (exact) mass is 277 g/mol. The van der Waals surface area contributed by atoms with Crippen molar-refractivity contribution in [3.63, 3.8) is 0 Å². The lowest BCUT2D eigenvalue weighted by Gasteiger charge is -2.11. The molecule has 2 aromatic carbocycles. The van der Waals surface area contributed by atoms with Gasteiger partial charge in [-0.05, 0) is 37.3 Å². The van der Waals surface area contributed by atoms with Gasteiger partial charge < -0.3 is 11.1 Å². The molecule has 104 valence electrons. The Kier molecular flexibility index (Phi) is 3.28. The summed E-state index contributed by atoms with van der Waals surface area (Å²) in [5, 5.41) is 4.37. The highest BCUT2D eigenvalue weighted by atomic mass is 16.1. The van der Waals surface area contributed by atoms with Crippen molar-refractivity contribution in [3.8, 4) is 0 Å². The smallest absolute Gasteiger partial charge is 0.248 e. The summed E-state index contributed by atoms with van der Waals surface area (Å²) in [5.41, 5.74) is 9.44. The summed E-state index contributed by atoms with van der Waals surface area (Å²) >= 11 is 0. The number of nitrogens with zero attached hydrogens (tertiary/aromatic N) is 1. The number of nitrogens with one attached hydrogen (secondary N) is 1.